The highest BCUT2D eigenvalue weighted by molar-refractivity contribution is 7.80. The lowest BCUT2D eigenvalue weighted by Gasteiger charge is -2.20. The minimum Gasteiger partial charge on any atom is -0.339 e. The molecule has 6 heteroatoms. The maximum absolute atomic E-state index is 13.2. The zero-order valence-electron chi connectivity index (χ0n) is 19.1. The number of amides is 2. The second-order valence-electron chi connectivity index (χ2n) is 8.48. The molecule has 0 radical (unpaired) electrons. The molecule has 0 aromatic heterocycles. The van der Waals surface area contributed by atoms with Crippen LogP contribution in [0.15, 0.2) is 84.9 Å². The lowest BCUT2D eigenvalue weighted by molar-refractivity contribution is -0.120. The van der Waals surface area contributed by atoms with Crippen molar-refractivity contribution in [2.24, 2.45) is 0 Å². The molecule has 2 N–H and O–H groups in total. The fraction of sp³-hybridized carbons (Fsp3) is 0.250. The average Bonchev–Trinajstić information content (AvgIpc) is 3.15. The summed E-state index contributed by atoms with van der Waals surface area (Å²) < 4.78 is 0. The first kappa shape index (κ1) is 23.6. The Bertz CT molecular complexity index is 1070. The predicted molar refractivity (Wildman–Crippen MR) is 140 cm³/mol. The van der Waals surface area contributed by atoms with Crippen LogP contribution in [0.2, 0.25) is 0 Å². The molecule has 5 nitrogen and oxygen atoms in total. The molecule has 0 spiro atoms. The summed E-state index contributed by atoms with van der Waals surface area (Å²) in [5, 5.41) is 6.10. The number of thiocarbonyl (C=S) groups is 1. The summed E-state index contributed by atoms with van der Waals surface area (Å²) in [4.78, 5) is 27.9. The van der Waals surface area contributed by atoms with Crippen LogP contribution in [0.3, 0.4) is 0 Å². The highest BCUT2D eigenvalue weighted by Crippen LogP contribution is 2.25. The largest absolute Gasteiger partial charge is 0.339 e. The van der Waals surface area contributed by atoms with E-state index in [9.17, 15) is 9.59 Å². The maximum Gasteiger partial charge on any atom is 0.253 e. The van der Waals surface area contributed by atoms with Gasteiger partial charge in [-0.2, -0.15) is 0 Å². The molecule has 0 aliphatic carbocycles. The van der Waals surface area contributed by atoms with Crippen LogP contribution < -0.4 is 10.6 Å². The number of nitrogens with one attached hydrogen (secondary N) is 2. The Kier molecular flexibility index (Phi) is 8.04. The SMILES string of the molecule is O=C(NC(=S)Nc1ccc(C(=O)N2CCCCCC2)cc1)C(c1ccccc1)c1ccccc1. The zero-order valence-corrected chi connectivity index (χ0v) is 19.9. The van der Waals surface area contributed by atoms with Gasteiger partial charge in [0.15, 0.2) is 5.11 Å². The van der Waals surface area contributed by atoms with Crippen LogP contribution in [0.4, 0.5) is 5.69 Å². The highest BCUT2D eigenvalue weighted by atomic mass is 32.1. The van der Waals surface area contributed by atoms with Crippen LogP contribution in [0.1, 0.15) is 53.1 Å². The molecule has 4 rings (SSSR count). The van der Waals surface area contributed by atoms with Crippen molar-refractivity contribution in [2.75, 3.05) is 18.4 Å². The number of hydrogen-bond acceptors (Lipinski definition) is 3. The van der Waals surface area contributed by atoms with Gasteiger partial charge in [0.05, 0.1) is 5.92 Å². The van der Waals surface area contributed by atoms with Crippen molar-refractivity contribution >= 4 is 34.8 Å². The number of anilines is 1. The van der Waals surface area contributed by atoms with Crippen molar-refractivity contribution in [1.82, 2.24) is 10.2 Å². The summed E-state index contributed by atoms with van der Waals surface area (Å²) in [6.07, 6.45) is 4.50. The van der Waals surface area contributed by atoms with Crippen LogP contribution in [-0.2, 0) is 4.79 Å². The summed E-state index contributed by atoms with van der Waals surface area (Å²) in [5.41, 5.74) is 3.17. The van der Waals surface area contributed by atoms with Crippen LogP contribution in [0.25, 0.3) is 0 Å². The van der Waals surface area contributed by atoms with E-state index in [0.29, 0.717) is 11.3 Å². The van der Waals surface area contributed by atoms with Crippen molar-refractivity contribution in [3.05, 3.63) is 102 Å². The van der Waals surface area contributed by atoms with Gasteiger partial charge < -0.3 is 15.5 Å². The minimum atomic E-state index is -0.476. The van der Waals surface area contributed by atoms with Crippen molar-refractivity contribution in [1.29, 1.82) is 0 Å². The molecule has 1 aliphatic heterocycles. The van der Waals surface area contributed by atoms with Crippen molar-refractivity contribution in [3.8, 4) is 0 Å². The fourth-order valence-corrected chi connectivity index (χ4v) is 4.50. The summed E-state index contributed by atoms with van der Waals surface area (Å²) in [7, 11) is 0. The lowest BCUT2D eigenvalue weighted by Crippen LogP contribution is -2.37. The van der Waals surface area contributed by atoms with Crippen LogP contribution in [-0.4, -0.2) is 34.9 Å². The van der Waals surface area contributed by atoms with Gasteiger partial charge in [-0.15, -0.1) is 0 Å². The normalized spacial score (nSPS) is 13.7. The summed E-state index contributed by atoms with van der Waals surface area (Å²) in [6, 6.07) is 26.5. The quantitative estimate of drug-likeness (QED) is 0.493. The van der Waals surface area contributed by atoms with Gasteiger partial charge in [-0.25, -0.2) is 0 Å². The third kappa shape index (κ3) is 6.08. The van der Waals surface area contributed by atoms with Gasteiger partial charge in [0.2, 0.25) is 5.91 Å². The van der Waals surface area contributed by atoms with E-state index in [-0.39, 0.29) is 16.9 Å². The van der Waals surface area contributed by atoms with Crippen LogP contribution >= 0.6 is 12.2 Å². The molecule has 1 aliphatic rings. The van der Waals surface area contributed by atoms with Crippen molar-refractivity contribution in [3.63, 3.8) is 0 Å². The van der Waals surface area contributed by atoms with E-state index in [2.05, 4.69) is 10.6 Å². The van der Waals surface area contributed by atoms with Gasteiger partial charge in [-0.05, 0) is 60.5 Å². The molecule has 3 aromatic carbocycles. The van der Waals surface area contributed by atoms with E-state index in [0.717, 1.165) is 37.1 Å². The number of benzene rings is 3. The molecule has 0 unspecified atom stereocenters. The molecule has 1 heterocycles. The molecular formula is C28H29N3O2S. The lowest BCUT2D eigenvalue weighted by atomic mass is 9.90. The van der Waals surface area contributed by atoms with Crippen LogP contribution in [0, 0.1) is 0 Å². The Balaban J connectivity index is 1.40. The van der Waals surface area contributed by atoms with E-state index >= 15 is 0 Å². The first-order valence-electron chi connectivity index (χ1n) is 11.7. The molecule has 34 heavy (non-hydrogen) atoms. The first-order valence-corrected chi connectivity index (χ1v) is 12.1. The van der Waals surface area contributed by atoms with Gasteiger partial charge in [-0.1, -0.05) is 73.5 Å². The van der Waals surface area contributed by atoms with Crippen molar-refractivity contribution in [2.45, 2.75) is 31.6 Å². The Hall–Kier alpha value is -3.51. The molecule has 1 fully saturated rings. The third-order valence-electron chi connectivity index (χ3n) is 6.05. The standard InChI is InChI=1S/C28H29N3O2S/c32-26(25(21-11-5-3-6-12-21)22-13-7-4-8-14-22)30-28(34)29-24-17-15-23(16-18-24)27(33)31-19-9-1-2-10-20-31/h3-8,11-18,25H,1-2,9-10,19-20H2,(H2,29,30,32,34). The molecular weight excluding hydrogens is 442 g/mol. The summed E-state index contributed by atoms with van der Waals surface area (Å²) in [6.45, 7) is 1.64. The summed E-state index contributed by atoms with van der Waals surface area (Å²) >= 11 is 5.42. The maximum atomic E-state index is 13.2. The molecule has 2 amide bonds. The van der Waals surface area contributed by atoms with Crippen molar-refractivity contribution < 1.29 is 9.59 Å². The zero-order chi connectivity index (χ0) is 23.8. The first-order chi connectivity index (χ1) is 16.6. The number of nitrogens with zero attached hydrogens (tertiary/aromatic N) is 1. The second kappa shape index (κ2) is 11.6. The molecule has 0 atom stereocenters. The van der Waals surface area contributed by atoms with E-state index in [1.54, 1.807) is 12.1 Å². The van der Waals surface area contributed by atoms with E-state index < -0.39 is 5.92 Å². The Morgan fingerprint density at radius 3 is 1.79 bits per heavy atom. The topological polar surface area (TPSA) is 61.4 Å². The number of rotatable bonds is 5. The van der Waals surface area contributed by atoms with Gasteiger partial charge in [-0.3, -0.25) is 9.59 Å². The van der Waals surface area contributed by atoms with Gasteiger partial charge in [0.1, 0.15) is 0 Å². The number of hydrogen-bond donors (Lipinski definition) is 2. The smallest absolute Gasteiger partial charge is 0.253 e. The van der Waals surface area contributed by atoms with Gasteiger partial charge in [0, 0.05) is 24.3 Å². The molecule has 1 saturated heterocycles. The molecule has 0 bridgehead atoms. The molecule has 0 saturated carbocycles. The molecule has 174 valence electrons. The van der Waals surface area contributed by atoms with E-state index in [1.165, 1.54) is 12.8 Å². The summed E-state index contributed by atoms with van der Waals surface area (Å²) in [5.74, 6) is -0.614. The second-order valence-corrected chi connectivity index (χ2v) is 8.89. The highest BCUT2D eigenvalue weighted by Gasteiger charge is 2.23. The van der Waals surface area contributed by atoms with E-state index in [1.807, 2.05) is 77.7 Å². The van der Waals surface area contributed by atoms with Gasteiger partial charge >= 0.3 is 0 Å². The van der Waals surface area contributed by atoms with Gasteiger partial charge in [0.25, 0.3) is 5.91 Å². The minimum absolute atomic E-state index is 0.0675. The monoisotopic (exact) mass is 471 g/mol. The van der Waals surface area contributed by atoms with Crippen LogP contribution in [0.5, 0.6) is 0 Å². The Morgan fingerprint density at radius 1 is 0.735 bits per heavy atom. The molecule has 3 aromatic rings. The Labute approximate surface area is 206 Å². The fourth-order valence-electron chi connectivity index (χ4n) is 4.29. The predicted octanol–water partition coefficient (Wildman–Crippen LogP) is 5.35. The van der Waals surface area contributed by atoms with E-state index in [4.69, 9.17) is 12.2 Å². The number of carbonyl (C=O) groups excluding carboxylic acids is 2. The third-order valence-corrected chi connectivity index (χ3v) is 6.25. The Morgan fingerprint density at radius 2 is 1.26 bits per heavy atom. The number of carbonyl (C=O) groups is 2. The number of likely N-dealkylation sites (tertiary alicyclic amines) is 1. The average molecular weight is 472 g/mol.